The van der Waals surface area contributed by atoms with Crippen LogP contribution < -0.4 is 9.47 Å². The Hall–Kier alpha value is -2.36. The van der Waals surface area contributed by atoms with E-state index in [0.29, 0.717) is 11.3 Å². The highest BCUT2D eigenvalue weighted by Crippen LogP contribution is 2.33. The van der Waals surface area contributed by atoms with Crippen LogP contribution in [0.4, 0.5) is 8.78 Å². The van der Waals surface area contributed by atoms with E-state index in [4.69, 9.17) is 9.47 Å². The smallest absolute Gasteiger partial charge is 0.133 e. The predicted octanol–water partition coefficient (Wildman–Crippen LogP) is 5.19. The molecular weight excluding hydrogens is 298 g/mol. The van der Waals surface area contributed by atoms with E-state index in [1.54, 1.807) is 20.3 Å². The number of halogens is 2. The third kappa shape index (κ3) is 4.09. The summed E-state index contributed by atoms with van der Waals surface area (Å²) in [6.45, 7) is 2.04. The average Bonchev–Trinajstić information content (AvgIpc) is 2.57. The molecule has 2 rings (SSSR count). The Morgan fingerprint density at radius 2 is 1.83 bits per heavy atom. The van der Waals surface area contributed by atoms with Crippen molar-refractivity contribution in [1.29, 1.82) is 0 Å². The van der Waals surface area contributed by atoms with E-state index in [9.17, 15) is 8.78 Å². The van der Waals surface area contributed by atoms with E-state index >= 15 is 0 Å². The first kappa shape index (κ1) is 17.0. The maximum atomic E-state index is 13.7. The van der Waals surface area contributed by atoms with Gasteiger partial charge in [0.25, 0.3) is 0 Å². The van der Waals surface area contributed by atoms with Crippen molar-refractivity contribution in [3.05, 3.63) is 65.2 Å². The lowest BCUT2D eigenvalue weighted by atomic mass is 9.94. The monoisotopic (exact) mass is 318 g/mol. The summed E-state index contributed by atoms with van der Waals surface area (Å²) in [5.74, 6) is 0.344. The summed E-state index contributed by atoms with van der Waals surface area (Å²) in [5.41, 5.74) is 1.35. The van der Waals surface area contributed by atoms with Crippen LogP contribution in [0.2, 0.25) is 0 Å². The van der Waals surface area contributed by atoms with E-state index in [-0.39, 0.29) is 5.92 Å². The molecule has 0 amide bonds. The molecule has 4 heteroatoms. The molecule has 0 radical (unpaired) electrons. The molecule has 0 fully saturated rings. The first-order valence-corrected chi connectivity index (χ1v) is 7.44. The Bertz CT molecular complexity index is 696. The number of hydrogen-bond donors (Lipinski definition) is 0. The largest absolute Gasteiger partial charge is 0.497 e. The van der Waals surface area contributed by atoms with Crippen molar-refractivity contribution in [2.75, 3.05) is 14.2 Å². The first-order chi connectivity index (χ1) is 11.1. The van der Waals surface area contributed by atoms with Crippen molar-refractivity contribution in [2.45, 2.75) is 19.3 Å². The van der Waals surface area contributed by atoms with Crippen LogP contribution in [0.3, 0.4) is 0 Å². The minimum Gasteiger partial charge on any atom is -0.497 e. The summed E-state index contributed by atoms with van der Waals surface area (Å²) in [6, 6.07) is 9.19. The van der Waals surface area contributed by atoms with Gasteiger partial charge in [0.15, 0.2) is 0 Å². The number of rotatable bonds is 6. The van der Waals surface area contributed by atoms with Crippen LogP contribution in [0.1, 0.15) is 30.4 Å². The van der Waals surface area contributed by atoms with Gasteiger partial charge in [0.1, 0.15) is 23.1 Å². The molecule has 2 nitrogen and oxygen atoms in total. The number of ether oxygens (including phenoxy) is 2. The van der Waals surface area contributed by atoms with E-state index in [0.717, 1.165) is 23.8 Å². The zero-order chi connectivity index (χ0) is 16.8. The van der Waals surface area contributed by atoms with E-state index in [1.807, 2.05) is 31.2 Å². The topological polar surface area (TPSA) is 18.5 Å². The summed E-state index contributed by atoms with van der Waals surface area (Å²) in [5, 5.41) is 0. The van der Waals surface area contributed by atoms with Gasteiger partial charge in [-0.2, -0.15) is 0 Å². The second-order valence-electron chi connectivity index (χ2n) is 5.15. The molecule has 0 aliphatic rings. The maximum Gasteiger partial charge on any atom is 0.133 e. The van der Waals surface area contributed by atoms with Gasteiger partial charge in [-0.25, -0.2) is 8.78 Å². The van der Waals surface area contributed by atoms with Crippen molar-refractivity contribution in [2.24, 2.45) is 0 Å². The van der Waals surface area contributed by atoms with Crippen molar-refractivity contribution >= 4 is 6.08 Å². The molecule has 23 heavy (non-hydrogen) atoms. The van der Waals surface area contributed by atoms with Gasteiger partial charge in [-0.05, 0) is 24.6 Å². The zero-order valence-electron chi connectivity index (χ0n) is 13.5. The first-order valence-electron chi connectivity index (χ1n) is 7.44. The van der Waals surface area contributed by atoms with Crippen LogP contribution >= 0.6 is 0 Å². The fraction of sp³-hybridized carbons (Fsp3) is 0.263. The highest BCUT2D eigenvalue weighted by molar-refractivity contribution is 5.53. The van der Waals surface area contributed by atoms with Crippen LogP contribution in [-0.2, 0) is 0 Å². The van der Waals surface area contributed by atoms with E-state index < -0.39 is 11.6 Å². The van der Waals surface area contributed by atoms with Crippen LogP contribution in [0, 0.1) is 11.6 Å². The van der Waals surface area contributed by atoms with Gasteiger partial charge in [0, 0.05) is 29.2 Å². The molecule has 0 aromatic heterocycles. The summed E-state index contributed by atoms with van der Waals surface area (Å²) in [6.07, 6.45) is 4.40. The Labute approximate surface area is 135 Å². The molecule has 1 unspecified atom stereocenters. The third-order valence-electron chi connectivity index (χ3n) is 3.75. The maximum absolute atomic E-state index is 13.7. The van der Waals surface area contributed by atoms with Crippen molar-refractivity contribution in [1.82, 2.24) is 0 Å². The van der Waals surface area contributed by atoms with Crippen molar-refractivity contribution < 1.29 is 18.3 Å². The van der Waals surface area contributed by atoms with Crippen LogP contribution in [0.15, 0.2) is 42.5 Å². The highest BCUT2D eigenvalue weighted by atomic mass is 19.1. The van der Waals surface area contributed by atoms with Gasteiger partial charge in [0.05, 0.1) is 14.2 Å². The van der Waals surface area contributed by atoms with Gasteiger partial charge in [0.2, 0.25) is 0 Å². The van der Waals surface area contributed by atoms with Crippen LogP contribution in [0.25, 0.3) is 6.08 Å². The van der Waals surface area contributed by atoms with Crippen LogP contribution in [0.5, 0.6) is 11.5 Å². The summed E-state index contributed by atoms with van der Waals surface area (Å²) in [7, 11) is 3.21. The summed E-state index contributed by atoms with van der Waals surface area (Å²) >= 11 is 0. The van der Waals surface area contributed by atoms with E-state index in [1.165, 1.54) is 12.1 Å². The minimum absolute atomic E-state index is 0.0558. The highest BCUT2D eigenvalue weighted by Gasteiger charge is 2.13. The molecule has 122 valence electrons. The molecular formula is C19H20F2O2. The third-order valence-corrected chi connectivity index (χ3v) is 3.75. The number of methoxy groups -OCH3 is 2. The Morgan fingerprint density at radius 3 is 2.43 bits per heavy atom. The standard InChI is InChI=1S/C19H20F2O2/c1-4-13(5-6-14-7-8-15(20)11-18(14)21)17-10-9-16(22-2)12-19(17)23-3/h5-13H,4H2,1-3H3/b6-5+. The van der Waals surface area contributed by atoms with Gasteiger partial charge >= 0.3 is 0 Å². The molecule has 0 aliphatic carbocycles. The molecule has 0 spiro atoms. The second kappa shape index (κ2) is 7.77. The Balaban J connectivity index is 2.31. The van der Waals surface area contributed by atoms with Gasteiger partial charge in [-0.15, -0.1) is 0 Å². The fourth-order valence-corrected chi connectivity index (χ4v) is 2.44. The van der Waals surface area contributed by atoms with Gasteiger partial charge < -0.3 is 9.47 Å². The average molecular weight is 318 g/mol. The van der Waals surface area contributed by atoms with Crippen molar-refractivity contribution in [3.8, 4) is 11.5 Å². The molecule has 0 aliphatic heterocycles. The molecule has 0 saturated carbocycles. The minimum atomic E-state index is -0.580. The molecule has 0 bridgehead atoms. The summed E-state index contributed by atoms with van der Waals surface area (Å²) in [4.78, 5) is 0. The Kier molecular flexibility index (Phi) is 5.74. The van der Waals surface area contributed by atoms with E-state index in [2.05, 4.69) is 0 Å². The lowest BCUT2D eigenvalue weighted by molar-refractivity contribution is 0.389. The molecule has 0 saturated heterocycles. The quantitative estimate of drug-likeness (QED) is 0.730. The predicted molar refractivity (Wildman–Crippen MR) is 88.0 cm³/mol. The normalized spacial score (nSPS) is 12.4. The van der Waals surface area contributed by atoms with Crippen LogP contribution in [-0.4, -0.2) is 14.2 Å². The zero-order valence-corrected chi connectivity index (χ0v) is 13.5. The summed E-state index contributed by atoms with van der Waals surface area (Å²) < 4.78 is 37.3. The molecule has 0 heterocycles. The molecule has 2 aromatic rings. The second-order valence-corrected chi connectivity index (χ2v) is 5.15. The Morgan fingerprint density at radius 1 is 1.04 bits per heavy atom. The number of benzene rings is 2. The number of hydrogen-bond acceptors (Lipinski definition) is 2. The van der Waals surface area contributed by atoms with Gasteiger partial charge in [-0.1, -0.05) is 25.1 Å². The fourth-order valence-electron chi connectivity index (χ4n) is 2.44. The van der Waals surface area contributed by atoms with Crippen molar-refractivity contribution in [3.63, 3.8) is 0 Å². The number of allylic oxidation sites excluding steroid dienone is 1. The molecule has 2 aromatic carbocycles. The molecule has 1 atom stereocenters. The van der Waals surface area contributed by atoms with Gasteiger partial charge in [-0.3, -0.25) is 0 Å². The lowest BCUT2D eigenvalue weighted by Crippen LogP contribution is -1.99. The lowest BCUT2D eigenvalue weighted by Gasteiger charge is -2.16. The SMILES string of the molecule is CCC(/C=C/c1ccc(F)cc1F)c1ccc(OC)cc1OC. The molecule has 0 N–H and O–H groups in total.